The standard InChI is InChI=1S/C19H14ClN3OS/c20-13-6-8-14(9-7-13)23-17(24)10-15(18(23)21)19-22-16(11-25-19)12-4-2-1-3-5-12/h1-9,11,21-22H,10H2/b19-15-,21-18?. The van der Waals surface area contributed by atoms with Crippen molar-refractivity contribution in [3.8, 4) is 0 Å². The molecule has 2 aromatic carbocycles. The Bertz CT molecular complexity index is 919. The minimum atomic E-state index is -0.106. The second-order valence-corrected chi connectivity index (χ2v) is 7.00. The van der Waals surface area contributed by atoms with Gasteiger partial charge < -0.3 is 5.32 Å². The Morgan fingerprint density at radius 3 is 2.52 bits per heavy atom. The molecule has 6 heteroatoms. The molecule has 1 amide bonds. The molecule has 2 heterocycles. The molecule has 0 radical (unpaired) electrons. The fraction of sp³-hybridized carbons (Fsp3) is 0.0526. The molecule has 4 rings (SSSR count). The van der Waals surface area contributed by atoms with Gasteiger partial charge in [0.2, 0.25) is 5.91 Å². The van der Waals surface area contributed by atoms with E-state index in [-0.39, 0.29) is 18.2 Å². The number of anilines is 1. The van der Waals surface area contributed by atoms with Gasteiger partial charge in [0, 0.05) is 16.0 Å². The van der Waals surface area contributed by atoms with Crippen LogP contribution in [-0.4, -0.2) is 11.7 Å². The predicted octanol–water partition coefficient (Wildman–Crippen LogP) is 4.60. The van der Waals surface area contributed by atoms with Gasteiger partial charge in [0.1, 0.15) is 5.84 Å². The average molecular weight is 368 g/mol. The first-order valence-electron chi connectivity index (χ1n) is 7.73. The van der Waals surface area contributed by atoms with Gasteiger partial charge in [-0.3, -0.25) is 15.1 Å². The van der Waals surface area contributed by atoms with E-state index in [2.05, 4.69) is 5.32 Å². The van der Waals surface area contributed by atoms with Gasteiger partial charge in [0.15, 0.2) is 0 Å². The number of nitrogens with zero attached hydrogens (tertiary/aromatic N) is 1. The van der Waals surface area contributed by atoms with Gasteiger partial charge in [-0.15, -0.1) is 0 Å². The Kier molecular flexibility index (Phi) is 4.11. The van der Waals surface area contributed by atoms with Gasteiger partial charge in [-0.25, -0.2) is 0 Å². The summed E-state index contributed by atoms with van der Waals surface area (Å²) in [6.45, 7) is 0. The largest absolute Gasteiger partial charge is 0.349 e. The fourth-order valence-corrected chi connectivity index (χ4v) is 3.87. The maximum absolute atomic E-state index is 12.5. The molecule has 25 heavy (non-hydrogen) atoms. The summed E-state index contributed by atoms with van der Waals surface area (Å²) in [4.78, 5) is 13.9. The SMILES string of the molecule is N=C1/C(=C2/NC(c3ccccc3)=CS2)CC(=O)N1c1ccc(Cl)cc1. The summed E-state index contributed by atoms with van der Waals surface area (Å²) in [5.74, 6) is 0.107. The van der Waals surface area contributed by atoms with E-state index in [1.165, 1.54) is 16.7 Å². The monoisotopic (exact) mass is 367 g/mol. The van der Waals surface area contributed by atoms with Crippen molar-refractivity contribution >= 4 is 46.5 Å². The van der Waals surface area contributed by atoms with E-state index in [4.69, 9.17) is 17.0 Å². The highest BCUT2D eigenvalue weighted by Gasteiger charge is 2.35. The highest BCUT2D eigenvalue weighted by molar-refractivity contribution is 8.06. The molecule has 2 aromatic rings. The molecule has 2 aliphatic rings. The third-order valence-electron chi connectivity index (χ3n) is 4.07. The van der Waals surface area contributed by atoms with Crippen LogP contribution in [0.3, 0.4) is 0 Å². The van der Waals surface area contributed by atoms with E-state index in [0.29, 0.717) is 16.3 Å². The molecule has 124 valence electrons. The molecule has 2 N–H and O–H groups in total. The van der Waals surface area contributed by atoms with Crippen molar-refractivity contribution in [2.75, 3.05) is 4.90 Å². The first-order valence-corrected chi connectivity index (χ1v) is 8.99. The smallest absolute Gasteiger partial charge is 0.237 e. The summed E-state index contributed by atoms with van der Waals surface area (Å²) in [7, 11) is 0. The third-order valence-corrected chi connectivity index (χ3v) is 5.26. The molecular weight excluding hydrogens is 354 g/mol. The van der Waals surface area contributed by atoms with Crippen LogP contribution in [0.2, 0.25) is 5.02 Å². The number of hydrogen-bond donors (Lipinski definition) is 2. The van der Waals surface area contributed by atoms with Crippen molar-refractivity contribution < 1.29 is 4.79 Å². The van der Waals surface area contributed by atoms with Crippen LogP contribution >= 0.6 is 23.4 Å². The Morgan fingerprint density at radius 2 is 1.80 bits per heavy atom. The molecule has 0 spiro atoms. The first-order chi connectivity index (χ1) is 12.1. The number of nitrogens with one attached hydrogen (secondary N) is 2. The summed E-state index contributed by atoms with van der Waals surface area (Å²) < 4.78 is 0. The van der Waals surface area contributed by atoms with Crippen molar-refractivity contribution in [3.05, 3.63) is 81.2 Å². The Hall–Kier alpha value is -2.50. The normalized spacial score (nSPS) is 20.0. The molecule has 4 nitrogen and oxygen atoms in total. The fourth-order valence-electron chi connectivity index (χ4n) is 2.83. The van der Waals surface area contributed by atoms with Crippen LogP contribution in [0, 0.1) is 5.41 Å². The molecule has 0 aromatic heterocycles. The molecule has 0 atom stereocenters. The minimum absolute atomic E-state index is 0.106. The number of rotatable bonds is 2. The minimum Gasteiger partial charge on any atom is -0.349 e. The van der Waals surface area contributed by atoms with E-state index >= 15 is 0 Å². The molecule has 1 fully saturated rings. The summed E-state index contributed by atoms with van der Waals surface area (Å²) in [5, 5.41) is 15.3. The van der Waals surface area contributed by atoms with Crippen molar-refractivity contribution in [2.24, 2.45) is 0 Å². The number of amidine groups is 1. The Labute approximate surface area is 154 Å². The van der Waals surface area contributed by atoms with Crippen molar-refractivity contribution in [3.63, 3.8) is 0 Å². The quantitative estimate of drug-likeness (QED) is 0.815. The lowest BCUT2D eigenvalue weighted by atomic mass is 10.2. The summed E-state index contributed by atoms with van der Waals surface area (Å²) in [6.07, 6.45) is 0.215. The average Bonchev–Trinajstić information content (AvgIpc) is 3.22. The van der Waals surface area contributed by atoms with Gasteiger partial charge in [-0.05, 0) is 29.8 Å². The number of amides is 1. The van der Waals surface area contributed by atoms with Crippen molar-refractivity contribution in [1.29, 1.82) is 5.41 Å². The van der Waals surface area contributed by atoms with E-state index in [0.717, 1.165) is 16.3 Å². The zero-order valence-electron chi connectivity index (χ0n) is 13.1. The lowest BCUT2D eigenvalue weighted by Gasteiger charge is -2.16. The van der Waals surface area contributed by atoms with Crippen LogP contribution in [0.4, 0.5) is 5.69 Å². The molecule has 0 unspecified atom stereocenters. The van der Waals surface area contributed by atoms with Gasteiger partial charge in [0.25, 0.3) is 0 Å². The molecule has 0 aliphatic carbocycles. The number of thioether (sulfide) groups is 1. The number of benzene rings is 2. The van der Waals surface area contributed by atoms with E-state index < -0.39 is 0 Å². The highest BCUT2D eigenvalue weighted by Crippen LogP contribution is 2.37. The molecule has 2 aliphatic heterocycles. The maximum atomic E-state index is 12.5. The maximum Gasteiger partial charge on any atom is 0.237 e. The zero-order valence-corrected chi connectivity index (χ0v) is 14.7. The number of carbonyl (C=O) groups excluding carboxylic acids is 1. The zero-order chi connectivity index (χ0) is 17.4. The second kappa shape index (κ2) is 6.43. The molecule has 0 bridgehead atoms. The van der Waals surface area contributed by atoms with Crippen molar-refractivity contribution in [2.45, 2.75) is 6.42 Å². The second-order valence-electron chi connectivity index (χ2n) is 5.68. The van der Waals surface area contributed by atoms with Gasteiger partial charge in [-0.2, -0.15) is 0 Å². The van der Waals surface area contributed by atoms with Crippen LogP contribution in [0.15, 0.2) is 70.6 Å². The number of halogens is 1. The highest BCUT2D eigenvalue weighted by atomic mass is 35.5. The lowest BCUT2D eigenvalue weighted by molar-refractivity contribution is -0.116. The Balaban J connectivity index is 1.60. The molecule has 1 saturated heterocycles. The number of carbonyl (C=O) groups is 1. The van der Waals surface area contributed by atoms with E-state index in [9.17, 15) is 4.79 Å². The lowest BCUT2D eigenvalue weighted by Crippen LogP contribution is -2.28. The first kappa shape index (κ1) is 16.0. The summed E-state index contributed by atoms with van der Waals surface area (Å²) >= 11 is 7.42. The predicted molar refractivity (Wildman–Crippen MR) is 103 cm³/mol. The Morgan fingerprint density at radius 1 is 1.08 bits per heavy atom. The van der Waals surface area contributed by atoms with Gasteiger partial charge in [0.05, 0.1) is 22.8 Å². The van der Waals surface area contributed by atoms with Crippen LogP contribution in [0.25, 0.3) is 5.70 Å². The molecular formula is C19H14ClN3OS. The summed E-state index contributed by atoms with van der Waals surface area (Å²) in [5.41, 5.74) is 3.44. The van der Waals surface area contributed by atoms with Gasteiger partial charge in [-0.1, -0.05) is 53.7 Å². The van der Waals surface area contributed by atoms with Crippen molar-refractivity contribution in [1.82, 2.24) is 5.32 Å². The van der Waals surface area contributed by atoms with Gasteiger partial charge >= 0.3 is 0 Å². The van der Waals surface area contributed by atoms with Crippen LogP contribution in [0.5, 0.6) is 0 Å². The van der Waals surface area contributed by atoms with Crippen LogP contribution in [0.1, 0.15) is 12.0 Å². The summed E-state index contributed by atoms with van der Waals surface area (Å²) in [6, 6.07) is 16.9. The van der Waals surface area contributed by atoms with E-state index in [1.807, 2.05) is 35.7 Å². The molecule has 0 saturated carbocycles. The topological polar surface area (TPSA) is 56.2 Å². The number of hydrogen-bond acceptors (Lipinski definition) is 4. The van der Waals surface area contributed by atoms with E-state index in [1.54, 1.807) is 24.3 Å². The van der Waals surface area contributed by atoms with Crippen LogP contribution in [-0.2, 0) is 4.79 Å². The third kappa shape index (κ3) is 2.97. The van der Waals surface area contributed by atoms with Crippen LogP contribution < -0.4 is 10.2 Å².